The van der Waals surface area contributed by atoms with Crippen molar-refractivity contribution < 1.29 is 26.7 Å². The Bertz CT molecular complexity index is 1180. The summed E-state index contributed by atoms with van der Waals surface area (Å²) in [6.45, 7) is 7.42. The minimum atomic E-state index is -4.57. The SMILES string of the molecule is CC.CF.CN1CCN(C(=O)CCNc2cc(NCC3=CCCC=C3F)nc(-c3cncc(C(F)(F)F)c3)n2)CC1. The van der Waals surface area contributed by atoms with Gasteiger partial charge < -0.3 is 20.4 Å². The second-order valence-electron chi connectivity index (χ2n) is 9.00. The summed E-state index contributed by atoms with van der Waals surface area (Å²) in [6, 6.07) is 2.51. The standard InChI is InChI=1S/C25H29F4N7O.C2H6.CH3F/c1-35-8-10-36(11-9-35)23(37)6-7-31-21-13-22(32-15-17-4-2-3-5-20(17)26)34-24(33-21)18-12-19(16-30-14-18)25(27,28)29;2*1-2/h4-5,12-14,16H,2-3,6-11,15H2,1H3,(H2,31,32,33,34);1-2H3;1H3. The Hall–Kier alpha value is -3.61. The lowest BCUT2D eigenvalue weighted by Gasteiger charge is -2.32. The van der Waals surface area contributed by atoms with Gasteiger partial charge in [0.1, 0.15) is 17.5 Å². The van der Waals surface area contributed by atoms with Gasteiger partial charge in [0.15, 0.2) is 5.82 Å². The zero-order chi connectivity index (χ0) is 30.4. The van der Waals surface area contributed by atoms with E-state index in [1.807, 2.05) is 25.8 Å². The first-order chi connectivity index (χ1) is 19.7. The summed E-state index contributed by atoms with van der Waals surface area (Å²) < 4.78 is 63.3. The molecule has 2 aromatic rings. The topological polar surface area (TPSA) is 86.3 Å². The van der Waals surface area contributed by atoms with Crippen molar-refractivity contribution >= 4 is 17.5 Å². The summed E-state index contributed by atoms with van der Waals surface area (Å²) in [4.78, 5) is 28.9. The van der Waals surface area contributed by atoms with Gasteiger partial charge in [0.05, 0.1) is 12.7 Å². The van der Waals surface area contributed by atoms with Crippen molar-refractivity contribution in [1.29, 1.82) is 0 Å². The third kappa shape index (κ3) is 10.4. The number of rotatable bonds is 8. The maximum atomic E-state index is 14.1. The first kappa shape index (κ1) is 33.6. The molecule has 0 spiro atoms. The number of anilines is 2. The number of alkyl halides is 4. The van der Waals surface area contributed by atoms with Crippen molar-refractivity contribution in [1.82, 2.24) is 24.8 Å². The molecule has 0 unspecified atom stereocenters. The molecular formula is C28H38F5N7O. The first-order valence-electron chi connectivity index (χ1n) is 13.5. The lowest BCUT2D eigenvalue weighted by atomic mass is 10.1. The number of halogens is 5. The van der Waals surface area contributed by atoms with E-state index in [4.69, 9.17) is 0 Å². The molecule has 13 heteroatoms. The maximum Gasteiger partial charge on any atom is 0.417 e. The van der Waals surface area contributed by atoms with Gasteiger partial charge in [-0.25, -0.2) is 14.4 Å². The van der Waals surface area contributed by atoms with Gasteiger partial charge in [-0.1, -0.05) is 19.9 Å². The van der Waals surface area contributed by atoms with Crippen LogP contribution in [0.25, 0.3) is 11.4 Å². The molecular weight excluding hydrogens is 545 g/mol. The highest BCUT2D eigenvalue weighted by molar-refractivity contribution is 5.77. The molecule has 41 heavy (non-hydrogen) atoms. The third-order valence-electron chi connectivity index (χ3n) is 6.20. The molecule has 3 heterocycles. The van der Waals surface area contributed by atoms with Gasteiger partial charge in [-0.2, -0.15) is 13.2 Å². The van der Waals surface area contributed by atoms with Crippen molar-refractivity contribution in [3.8, 4) is 11.4 Å². The van der Waals surface area contributed by atoms with Gasteiger partial charge in [0.2, 0.25) is 5.91 Å². The number of hydrogen-bond donors (Lipinski definition) is 2. The Morgan fingerprint density at radius 2 is 1.59 bits per heavy atom. The Kier molecular flexibility index (Phi) is 13.6. The molecule has 1 amide bonds. The van der Waals surface area contributed by atoms with Crippen molar-refractivity contribution in [3.05, 3.63) is 53.6 Å². The third-order valence-corrected chi connectivity index (χ3v) is 6.20. The number of pyridine rings is 1. The van der Waals surface area contributed by atoms with Gasteiger partial charge in [0, 0.05) is 75.3 Å². The molecule has 8 nitrogen and oxygen atoms in total. The summed E-state index contributed by atoms with van der Waals surface area (Å²) in [7, 11) is 2.51. The van der Waals surface area contributed by atoms with Crippen LogP contribution in [0, 0.1) is 0 Å². The maximum absolute atomic E-state index is 14.1. The molecule has 0 bridgehead atoms. The van der Waals surface area contributed by atoms with Crippen molar-refractivity contribution in [2.24, 2.45) is 0 Å². The second-order valence-corrected chi connectivity index (χ2v) is 9.00. The van der Waals surface area contributed by atoms with E-state index in [9.17, 15) is 26.7 Å². The molecule has 0 atom stereocenters. The molecule has 0 saturated carbocycles. The first-order valence-corrected chi connectivity index (χ1v) is 13.5. The van der Waals surface area contributed by atoms with E-state index in [1.165, 1.54) is 12.3 Å². The molecule has 0 radical (unpaired) electrons. The molecule has 2 aromatic heterocycles. The highest BCUT2D eigenvalue weighted by atomic mass is 19.4. The van der Waals surface area contributed by atoms with E-state index in [1.54, 1.807) is 12.1 Å². The fourth-order valence-electron chi connectivity index (χ4n) is 4.02. The summed E-state index contributed by atoms with van der Waals surface area (Å²) >= 11 is 0. The number of carbonyl (C=O) groups is 1. The van der Waals surface area contributed by atoms with E-state index in [2.05, 4.69) is 30.5 Å². The van der Waals surface area contributed by atoms with Crippen LogP contribution in [0.1, 0.15) is 38.7 Å². The van der Waals surface area contributed by atoms with Crippen LogP contribution in [0.3, 0.4) is 0 Å². The molecule has 1 aliphatic carbocycles. The van der Waals surface area contributed by atoms with Gasteiger partial charge in [-0.15, -0.1) is 0 Å². The van der Waals surface area contributed by atoms with Crippen LogP contribution in [-0.2, 0) is 11.0 Å². The fraction of sp³-hybridized carbons (Fsp3) is 0.500. The van der Waals surface area contributed by atoms with Crippen LogP contribution in [0.4, 0.5) is 33.6 Å². The van der Waals surface area contributed by atoms with Crippen LogP contribution in [-0.4, -0.2) is 84.2 Å². The summed E-state index contributed by atoms with van der Waals surface area (Å²) in [5, 5.41) is 6.11. The number of piperazine rings is 1. The van der Waals surface area contributed by atoms with E-state index in [-0.39, 0.29) is 42.6 Å². The number of carbonyl (C=O) groups excluding carboxylic acids is 1. The van der Waals surface area contributed by atoms with Gasteiger partial charge in [-0.05, 0) is 32.0 Å². The molecule has 0 aromatic carbocycles. The molecule has 2 N–H and O–H groups in total. The van der Waals surface area contributed by atoms with Gasteiger partial charge in [0.25, 0.3) is 0 Å². The number of nitrogens with one attached hydrogen (secondary N) is 2. The number of nitrogens with zero attached hydrogens (tertiary/aromatic N) is 5. The Morgan fingerprint density at radius 1 is 0.951 bits per heavy atom. The quantitative estimate of drug-likeness (QED) is 0.384. The number of hydrogen-bond acceptors (Lipinski definition) is 7. The van der Waals surface area contributed by atoms with Crippen LogP contribution < -0.4 is 10.6 Å². The largest absolute Gasteiger partial charge is 0.417 e. The lowest BCUT2D eigenvalue weighted by Crippen LogP contribution is -2.47. The zero-order valence-electron chi connectivity index (χ0n) is 23.9. The predicted molar refractivity (Wildman–Crippen MR) is 151 cm³/mol. The van der Waals surface area contributed by atoms with Crippen molar-refractivity contribution in [2.45, 2.75) is 39.3 Å². The van der Waals surface area contributed by atoms with E-state index >= 15 is 0 Å². The average molecular weight is 584 g/mol. The average Bonchev–Trinajstić information content (AvgIpc) is 2.99. The summed E-state index contributed by atoms with van der Waals surface area (Å²) in [6.07, 6.45) is 2.33. The summed E-state index contributed by atoms with van der Waals surface area (Å²) in [5.41, 5.74) is -0.351. The lowest BCUT2D eigenvalue weighted by molar-refractivity contribution is -0.137. The molecule has 1 aliphatic heterocycles. The minimum Gasteiger partial charge on any atom is -0.369 e. The number of allylic oxidation sites excluding steroid dienone is 2. The van der Waals surface area contributed by atoms with Gasteiger partial charge in [-0.3, -0.25) is 14.2 Å². The Morgan fingerprint density at radius 3 is 2.22 bits per heavy atom. The number of aromatic nitrogens is 3. The van der Waals surface area contributed by atoms with Crippen LogP contribution in [0.15, 0.2) is 48.1 Å². The minimum absolute atomic E-state index is 0.0156. The molecule has 226 valence electrons. The van der Waals surface area contributed by atoms with Gasteiger partial charge >= 0.3 is 6.18 Å². The second kappa shape index (κ2) is 16.6. The number of likely N-dealkylation sites (N-methyl/N-ethyl adjacent to an activating group) is 1. The highest BCUT2D eigenvalue weighted by Crippen LogP contribution is 2.31. The predicted octanol–water partition coefficient (Wildman–Crippen LogP) is 5.73. The van der Waals surface area contributed by atoms with Crippen LogP contribution in [0.5, 0.6) is 0 Å². The molecule has 2 aliphatic rings. The Balaban J connectivity index is 0.00000141. The smallest absolute Gasteiger partial charge is 0.369 e. The van der Waals surface area contributed by atoms with E-state index in [0.717, 1.165) is 31.8 Å². The molecule has 4 rings (SSSR count). The van der Waals surface area contributed by atoms with Crippen LogP contribution in [0.2, 0.25) is 0 Å². The van der Waals surface area contributed by atoms with E-state index in [0.29, 0.717) is 43.9 Å². The van der Waals surface area contributed by atoms with Crippen LogP contribution >= 0.6 is 0 Å². The zero-order valence-corrected chi connectivity index (χ0v) is 23.9. The number of amides is 1. The Labute approximate surface area is 237 Å². The summed E-state index contributed by atoms with van der Waals surface area (Å²) in [5.74, 6) is 0.349. The van der Waals surface area contributed by atoms with E-state index < -0.39 is 11.7 Å². The van der Waals surface area contributed by atoms with Crippen molar-refractivity contribution in [3.63, 3.8) is 0 Å². The monoisotopic (exact) mass is 583 g/mol. The van der Waals surface area contributed by atoms with Crippen molar-refractivity contribution in [2.75, 3.05) is 64.1 Å². The fourth-order valence-corrected chi connectivity index (χ4v) is 4.02. The highest BCUT2D eigenvalue weighted by Gasteiger charge is 2.31. The normalized spacial score (nSPS) is 15.4. The molecule has 1 saturated heterocycles. The molecule has 1 fully saturated rings.